The molecule has 0 atom stereocenters. The molecule has 0 amide bonds. The fourth-order valence-corrected chi connectivity index (χ4v) is 2.97. The Kier molecular flexibility index (Phi) is 4.19. The highest BCUT2D eigenvalue weighted by molar-refractivity contribution is 6.33. The molecule has 1 N–H and O–H groups in total. The largest absolute Gasteiger partial charge is 0.418 e. The smallest absolute Gasteiger partial charge is 0.392 e. The Morgan fingerprint density at radius 1 is 1.29 bits per heavy atom. The van der Waals surface area contributed by atoms with Gasteiger partial charge in [0.1, 0.15) is 0 Å². The molecule has 1 aromatic heterocycles. The van der Waals surface area contributed by atoms with Crippen LogP contribution in [0.4, 0.5) is 13.2 Å². The average Bonchev–Trinajstić information content (AvgIpc) is 2.85. The van der Waals surface area contributed by atoms with E-state index in [4.69, 9.17) is 11.6 Å². The molecule has 0 unspecified atom stereocenters. The number of Topliss-reactive ketones (excluding diaryl/α,β-unsaturated/α-hetero) is 1. The van der Waals surface area contributed by atoms with Gasteiger partial charge in [-0.15, -0.1) is 0 Å². The third kappa shape index (κ3) is 2.83. The maximum Gasteiger partial charge on any atom is 0.418 e. The van der Waals surface area contributed by atoms with E-state index in [0.29, 0.717) is 16.7 Å². The second-order valence-corrected chi connectivity index (χ2v) is 5.71. The number of hydrogen-bond donors (Lipinski definition) is 1. The van der Waals surface area contributed by atoms with Crippen molar-refractivity contribution in [2.24, 2.45) is 0 Å². The third-order valence-electron chi connectivity index (χ3n) is 3.85. The minimum absolute atomic E-state index is 0.106. The molecule has 24 heavy (non-hydrogen) atoms. The summed E-state index contributed by atoms with van der Waals surface area (Å²) in [6.07, 6.45) is -2.06. The number of ketones is 1. The predicted molar refractivity (Wildman–Crippen MR) is 82.6 cm³/mol. The summed E-state index contributed by atoms with van der Waals surface area (Å²) in [7, 11) is 0. The van der Waals surface area contributed by atoms with Gasteiger partial charge in [-0.2, -0.15) is 13.2 Å². The van der Waals surface area contributed by atoms with Gasteiger partial charge in [0.15, 0.2) is 5.78 Å². The Bertz CT molecular complexity index is 859. The number of benzene rings is 1. The molecule has 1 heterocycles. The number of carbonyl (C=O) groups excluding carboxylic acids is 1. The zero-order valence-corrected chi connectivity index (χ0v) is 12.9. The number of pyridine rings is 1. The van der Waals surface area contributed by atoms with Crippen molar-refractivity contribution in [3.8, 4) is 0 Å². The lowest BCUT2D eigenvalue weighted by atomic mass is 10.1. The Morgan fingerprint density at radius 3 is 2.71 bits per heavy atom. The van der Waals surface area contributed by atoms with Crippen LogP contribution in [0.3, 0.4) is 0 Å². The van der Waals surface area contributed by atoms with Crippen molar-refractivity contribution < 1.29 is 23.1 Å². The molecule has 7 heteroatoms. The first kappa shape index (κ1) is 16.7. The number of allylic oxidation sites excluding steroid dienone is 1. The number of aliphatic hydroxyl groups excluding tert-OH is 1. The van der Waals surface area contributed by atoms with Gasteiger partial charge in [-0.05, 0) is 29.3 Å². The molecule has 0 saturated carbocycles. The highest BCUT2D eigenvalue weighted by atomic mass is 35.5. The summed E-state index contributed by atoms with van der Waals surface area (Å²) in [5, 5.41) is 9.49. The Balaban J connectivity index is 2.06. The van der Waals surface area contributed by atoms with Crippen molar-refractivity contribution >= 4 is 23.5 Å². The summed E-state index contributed by atoms with van der Waals surface area (Å²) in [4.78, 5) is 16.2. The van der Waals surface area contributed by atoms with Gasteiger partial charge in [-0.3, -0.25) is 9.78 Å². The van der Waals surface area contributed by atoms with Crippen LogP contribution in [0.5, 0.6) is 0 Å². The van der Waals surface area contributed by atoms with Crippen molar-refractivity contribution in [3.05, 3.63) is 69.0 Å². The predicted octanol–water partition coefficient (Wildman–Crippen LogP) is 4.07. The number of aromatic nitrogens is 1. The van der Waals surface area contributed by atoms with E-state index in [2.05, 4.69) is 4.98 Å². The van der Waals surface area contributed by atoms with E-state index in [1.165, 1.54) is 24.4 Å². The number of carbonyl (C=O) groups is 1. The van der Waals surface area contributed by atoms with Gasteiger partial charge in [0.25, 0.3) is 0 Å². The van der Waals surface area contributed by atoms with Crippen molar-refractivity contribution in [2.75, 3.05) is 0 Å². The molecule has 124 valence electrons. The number of hydrogen-bond acceptors (Lipinski definition) is 3. The standard InChI is InChI=1S/C17H11ClF3NO2/c18-15-9(8-23)3-4-11-12(15)6-10(16(11)24)7-14-13(17(19,20)21)2-1-5-22-14/h1-5,7,23H,6,8H2/b10-7+. The summed E-state index contributed by atoms with van der Waals surface area (Å²) in [6, 6.07) is 5.17. The molecule has 1 aliphatic carbocycles. The summed E-state index contributed by atoms with van der Waals surface area (Å²) in [5.41, 5.74) is 0.310. The summed E-state index contributed by atoms with van der Waals surface area (Å²) in [5.74, 6) is -0.379. The minimum Gasteiger partial charge on any atom is -0.392 e. The van der Waals surface area contributed by atoms with Crippen LogP contribution in [-0.4, -0.2) is 15.9 Å². The van der Waals surface area contributed by atoms with Crippen LogP contribution in [0.25, 0.3) is 6.08 Å². The molecule has 0 bridgehead atoms. The van der Waals surface area contributed by atoms with Crippen LogP contribution in [0.2, 0.25) is 5.02 Å². The molecule has 0 fully saturated rings. The number of halogens is 4. The fourth-order valence-electron chi connectivity index (χ4n) is 2.67. The lowest BCUT2D eigenvalue weighted by molar-refractivity contribution is -0.138. The SMILES string of the molecule is O=C1/C(=C/c2ncccc2C(F)(F)F)Cc2c1ccc(CO)c2Cl. The molecule has 1 aromatic carbocycles. The molecular formula is C17H11ClF3NO2. The first-order chi connectivity index (χ1) is 11.3. The van der Waals surface area contributed by atoms with Crippen LogP contribution in [-0.2, 0) is 19.2 Å². The zero-order chi connectivity index (χ0) is 17.5. The van der Waals surface area contributed by atoms with Crippen LogP contribution in [0.15, 0.2) is 36.0 Å². The first-order valence-corrected chi connectivity index (χ1v) is 7.39. The second-order valence-electron chi connectivity index (χ2n) is 5.33. The van der Waals surface area contributed by atoms with Gasteiger partial charge in [0.05, 0.1) is 22.9 Å². The highest BCUT2D eigenvalue weighted by Gasteiger charge is 2.34. The molecule has 0 spiro atoms. The van der Waals surface area contributed by atoms with Gasteiger partial charge in [-0.1, -0.05) is 23.7 Å². The molecule has 0 aliphatic heterocycles. The lowest BCUT2D eigenvalue weighted by Gasteiger charge is -2.09. The zero-order valence-electron chi connectivity index (χ0n) is 12.2. The number of nitrogens with zero attached hydrogens (tertiary/aromatic N) is 1. The van der Waals surface area contributed by atoms with Crippen molar-refractivity contribution in [1.82, 2.24) is 4.98 Å². The van der Waals surface area contributed by atoms with E-state index < -0.39 is 11.7 Å². The van der Waals surface area contributed by atoms with Crippen LogP contribution >= 0.6 is 11.6 Å². The highest BCUT2D eigenvalue weighted by Crippen LogP contribution is 2.37. The van der Waals surface area contributed by atoms with Crippen LogP contribution in [0, 0.1) is 0 Å². The maximum atomic E-state index is 13.0. The van der Waals surface area contributed by atoms with Gasteiger partial charge in [-0.25, -0.2) is 0 Å². The van der Waals surface area contributed by atoms with Crippen molar-refractivity contribution in [1.29, 1.82) is 0 Å². The van der Waals surface area contributed by atoms with Gasteiger partial charge in [0, 0.05) is 23.8 Å². The molecule has 3 nitrogen and oxygen atoms in total. The molecule has 1 aliphatic rings. The maximum absolute atomic E-state index is 13.0. The number of fused-ring (bicyclic) bond motifs is 1. The second kappa shape index (κ2) is 6.03. The van der Waals surface area contributed by atoms with E-state index in [1.807, 2.05) is 0 Å². The number of rotatable bonds is 2. The quantitative estimate of drug-likeness (QED) is 0.828. The first-order valence-electron chi connectivity index (χ1n) is 7.01. The van der Waals surface area contributed by atoms with Crippen molar-refractivity contribution in [2.45, 2.75) is 19.2 Å². The molecule has 0 radical (unpaired) electrons. The summed E-state index contributed by atoms with van der Waals surface area (Å²) < 4.78 is 39.1. The van der Waals surface area contributed by atoms with Crippen LogP contribution < -0.4 is 0 Å². The third-order valence-corrected chi connectivity index (χ3v) is 4.32. The minimum atomic E-state index is -4.56. The monoisotopic (exact) mass is 353 g/mol. The van der Waals surface area contributed by atoms with E-state index >= 15 is 0 Å². The van der Waals surface area contributed by atoms with E-state index in [0.717, 1.165) is 12.1 Å². The van der Waals surface area contributed by atoms with Gasteiger partial charge in [0.2, 0.25) is 0 Å². The lowest BCUT2D eigenvalue weighted by Crippen LogP contribution is -2.09. The van der Waals surface area contributed by atoms with E-state index in [9.17, 15) is 23.1 Å². The Hall–Kier alpha value is -2.18. The Morgan fingerprint density at radius 2 is 2.04 bits per heavy atom. The fraction of sp³-hybridized carbons (Fsp3) is 0.176. The van der Waals surface area contributed by atoms with Crippen LogP contribution in [0.1, 0.15) is 32.7 Å². The van der Waals surface area contributed by atoms with Gasteiger partial charge < -0.3 is 5.11 Å². The number of alkyl halides is 3. The van der Waals surface area contributed by atoms with E-state index in [1.54, 1.807) is 0 Å². The van der Waals surface area contributed by atoms with Crippen molar-refractivity contribution in [3.63, 3.8) is 0 Å². The molecular weight excluding hydrogens is 343 g/mol. The van der Waals surface area contributed by atoms with Gasteiger partial charge >= 0.3 is 6.18 Å². The Labute approximate surface area is 140 Å². The van der Waals surface area contributed by atoms with E-state index in [-0.39, 0.29) is 35.1 Å². The normalized spacial score (nSPS) is 15.9. The molecule has 3 rings (SSSR count). The summed E-state index contributed by atoms with van der Waals surface area (Å²) >= 11 is 6.16. The average molecular weight is 354 g/mol. The summed E-state index contributed by atoms with van der Waals surface area (Å²) in [6.45, 7) is -0.280. The molecule has 0 saturated heterocycles. The number of aliphatic hydroxyl groups is 1. The topological polar surface area (TPSA) is 50.2 Å². The molecule has 2 aromatic rings.